The van der Waals surface area contributed by atoms with Crippen LogP contribution in [0.3, 0.4) is 0 Å². The lowest BCUT2D eigenvalue weighted by Gasteiger charge is -2.09. The first-order chi connectivity index (χ1) is 8.02. The van der Waals surface area contributed by atoms with E-state index in [2.05, 4.69) is 26.0 Å². The maximum Gasteiger partial charge on any atom is 0.320 e. The first kappa shape index (κ1) is 14.1. The molecule has 3 nitrogen and oxygen atoms in total. The maximum atomic E-state index is 12.8. The predicted octanol–water partition coefficient (Wildman–Crippen LogP) is 1.99. The molecule has 1 atom stereocenters. The molecule has 0 aliphatic heterocycles. The molecule has 1 unspecified atom stereocenters. The van der Waals surface area contributed by atoms with Crippen LogP contribution in [0.4, 0.5) is 8.78 Å². The number of hydrogen-bond acceptors (Lipinski definition) is 3. The van der Waals surface area contributed by atoms with E-state index in [1.54, 1.807) is 0 Å². The molecular weight excluding hydrogens is 296 g/mol. The van der Waals surface area contributed by atoms with Crippen LogP contribution in [0.15, 0.2) is 18.2 Å². The van der Waals surface area contributed by atoms with Gasteiger partial charge in [-0.15, -0.1) is 0 Å². The number of benzene rings is 1. The maximum absolute atomic E-state index is 12.8. The highest BCUT2D eigenvalue weighted by Crippen LogP contribution is 2.08. The molecule has 1 N–H and O–H groups in total. The fraction of sp³-hybridized carbons (Fsp3) is 0.364. The van der Waals surface area contributed by atoms with Gasteiger partial charge >= 0.3 is 5.97 Å². The van der Waals surface area contributed by atoms with E-state index in [1.165, 1.54) is 19.2 Å². The van der Waals surface area contributed by atoms with Crippen molar-refractivity contribution in [3.63, 3.8) is 0 Å². The van der Waals surface area contributed by atoms with Crippen LogP contribution in [0.25, 0.3) is 0 Å². The van der Waals surface area contributed by atoms with Gasteiger partial charge in [0.2, 0.25) is 0 Å². The molecule has 94 valence electrons. The van der Waals surface area contributed by atoms with E-state index in [1.807, 2.05) is 0 Å². The smallest absolute Gasteiger partial charge is 0.320 e. The minimum absolute atomic E-state index is 0.272. The Hall–Kier alpha value is -1.01. The molecule has 6 heteroatoms. The lowest BCUT2D eigenvalue weighted by atomic mass is 10.2. The van der Waals surface area contributed by atoms with Gasteiger partial charge in [-0.1, -0.05) is 15.9 Å². The summed E-state index contributed by atoms with van der Waals surface area (Å²) in [6.07, 6.45) is 0. The van der Waals surface area contributed by atoms with Crippen molar-refractivity contribution in [3.05, 3.63) is 35.4 Å². The summed E-state index contributed by atoms with van der Waals surface area (Å²) in [4.78, 5) is 10.6. The van der Waals surface area contributed by atoms with E-state index in [-0.39, 0.29) is 6.54 Å². The Morgan fingerprint density at radius 2 is 2.00 bits per heavy atom. The highest BCUT2D eigenvalue weighted by molar-refractivity contribution is 9.10. The van der Waals surface area contributed by atoms with E-state index in [0.717, 1.165) is 6.07 Å². The molecular formula is C11H12BrF2NO2. The molecule has 0 bridgehead atoms. The second kappa shape index (κ2) is 6.66. The first-order valence-electron chi connectivity index (χ1n) is 4.90. The molecule has 0 spiro atoms. The zero-order valence-corrected chi connectivity index (χ0v) is 10.8. The molecule has 1 aromatic rings. The van der Waals surface area contributed by atoms with Crippen molar-refractivity contribution in [1.29, 1.82) is 0 Å². The Kier molecular flexibility index (Phi) is 5.50. The average molecular weight is 308 g/mol. The summed E-state index contributed by atoms with van der Waals surface area (Å²) in [6.45, 7) is 0.582. The van der Waals surface area contributed by atoms with Gasteiger partial charge in [-0.05, 0) is 17.7 Å². The van der Waals surface area contributed by atoms with Gasteiger partial charge in [0.05, 0.1) is 7.11 Å². The Balaban J connectivity index is 2.43. The molecule has 1 aromatic carbocycles. The second-order valence-corrected chi connectivity index (χ2v) is 4.50. The standard InChI is InChI=1S/C11H12BrF2NO2/c1-17-11(16)10(12)6-15-5-7-2-8(13)4-9(14)3-7/h2-4,10,15H,5-6H2,1H3. The highest BCUT2D eigenvalue weighted by Gasteiger charge is 2.14. The normalized spacial score (nSPS) is 12.2. The molecule has 0 aromatic heterocycles. The molecule has 0 saturated carbocycles. The number of rotatable bonds is 5. The summed E-state index contributed by atoms with van der Waals surface area (Å²) in [6, 6.07) is 3.28. The van der Waals surface area contributed by atoms with Crippen LogP contribution in [0.1, 0.15) is 5.56 Å². The Bertz CT molecular complexity index is 381. The van der Waals surface area contributed by atoms with E-state index < -0.39 is 22.4 Å². The van der Waals surface area contributed by atoms with Crippen LogP contribution >= 0.6 is 15.9 Å². The molecule has 0 radical (unpaired) electrons. The Morgan fingerprint density at radius 3 is 2.53 bits per heavy atom. The average Bonchev–Trinajstić information content (AvgIpc) is 2.26. The fourth-order valence-electron chi connectivity index (χ4n) is 1.27. The number of alkyl halides is 1. The SMILES string of the molecule is COC(=O)C(Br)CNCc1cc(F)cc(F)c1. The fourth-order valence-corrected chi connectivity index (χ4v) is 1.68. The zero-order chi connectivity index (χ0) is 12.8. The molecule has 0 aliphatic rings. The van der Waals surface area contributed by atoms with Crippen molar-refractivity contribution in [3.8, 4) is 0 Å². The number of methoxy groups -OCH3 is 1. The lowest BCUT2D eigenvalue weighted by Crippen LogP contribution is -2.29. The third-order valence-electron chi connectivity index (χ3n) is 2.03. The second-order valence-electron chi connectivity index (χ2n) is 3.40. The Morgan fingerprint density at radius 1 is 1.41 bits per heavy atom. The predicted molar refractivity (Wildman–Crippen MR) is 62.8 cm³/mol. The number of carbonyl (C=O) groups excluding carboxylic acids is 1. The topological polar surface area (TPSA) is 38.3 Å². The third kappa shape index (κ3) is 4.79. The summed E-state index contributed by atoms with van der Waals surface area (Å²) in [5.41, 5.74) is 0.479. The summed E-state index contributed by atoms with van der Waals surface area (Å²) in [7, 11) is 1.29. The largest absolute Gasteiger partial charge is 0.468 e. The first-order valence-corrected chi connectivity index (χ1v) is 5.82. The Labute approximate surface area is 106 Å². The van der Waals surface area contributed by atoms with E-state index in [0.29, 0.717) is 12.1 Å². The van der Waals surface area contributed by atoms with Crippen molar-refractivity contribution in [2.45, 2.75) is 11.4 Å². The molecule has 0 saturated heterocycles. The molecule has 0 heterocycles. The van der Waals surface area contributed by atoms with Crippen LogP contribution in [-0.2, 0) is 16.1 Å². The quantitative estimate of drug-likeness (QED) is 0.668. The molecule has 1 rings (SSSR count). The summed E-state index contributed by atoms with van der Waals surface area (Å²) in [5, 5.41) is 2.89. The van der Waals surface area contributed by atoms with Crippen LogP contribution in [0.5, 0.6) is 0 Å². The van der Waals surface area contributed by atoms with Gasteiger partial charge in [0, 0.05) is 19.2 Å². The summed E-state index contributed by atoms with van der Waals surface area (Å²) < 4.78 is 30.2. The van der Waals surface area contributed by atoms with Crippen LogP contribution in [-0.4, -0.2) is 24.5 Å². The number of hydrogen-bond donors (Lipinski definition) is 1. The van der Waals surface area contributed by atoms with E-state index in [4.69, 9.17) is 0 Å². The van der Waals surface area contributed by atoms with Gasteiger partial charge in [0.1, 0.15) is 16.5 Å². The monoisotopic (exact) mass is 307 g/mol. The van der Waals surface area contributed by atoms with Gasteiger partial charge in [-0.25, -0.2) is 8.78 Å². The molecule has 17 heavy (non-hydrogen) atoms. The van der Waals surface area contributed by atoms with Gasteiger partial charge in [0.25, 0.3) is 0 Å². The molecule has 0 amide bonds. The van der Waals surface area contributed by atoms with Gasteiger partial charge in [-0.2, -0.15) is 0 Å². The van der Waals surface area contributed by atoms with Crippen LogP contribution in [0.2, 0.25) is 0 Å². The molecule has 0 fully saturated rings. The number of esters is 1. The van der Waals surface area contributed by atoms with E-state index in [9.17, 15) is 13.6 Å². The third-order valence-corrected chi connectivity index (χ3v) is 2.73. The van der Waals surface area contributed by atoms with Gasteiger partial charge in [0.15, 0.2) is 0 Å². The van der Waals surface area contributed by atoms with Crippen molar-refractivity contribution < 1.29 is 18.3 Å². The summed E-state index contributed by atoms with van der Waals surface area (Å²) in [5.74, 6) is -1.64. The molecule has 0 aliphatic carbocycles. The van der Waals surface area contributed by atoms with Crippen molar-refractivity contribution in [1.82, 2.24) is 5.32 Å². The minimum Gasteiger partial charge on any atom is -0.468 e. The minimum atomic E-state index is -0.620. The van der Waals surface area contributed by atoms with E-state index >= 15 is 0 Å². The van der Waals surface area contributed by atoms with Crippen molar-refractivity contribution in [2.24, 2.45) is 0 Å². The van der Waals surface area contributed by atoms with Crippen molar-refractivity contribution >= 4 is 21.9 Å². The summed E-state index contributed by atoms with van der Waals surface area (Å²) >= 11 is 3.12. The lowest BCUT2D eigenvalue weighted by molar-refractivity contribution is -0.139. The zero-order valence-electron chi connectivity index (χ0n) is 9.17. The number of carbonyl (C=O) groups is 1. The van der Waals surface area contributed by atoms with Gasteiger partial charge in [-0.3, -0.25) is 4.79 Å². The van der Waals surface area contributed by atoms with Gasteiger partial charge < -0.3 is 10.1 Å². The van der Waals surface area contributed by atoms with Crippen LogP contribution in [0, 0.1) is 11.6 Å². The number of ether oxygens (including phenoxy) is 1. The number of nitrogens with one attached hydrogen (secondary N) is 1. The highest BCUT2D eigenvalue weighted by atomic mass is 79.9. The number of halogens is 3. The van der Waals surface area contributed by atoms with Crippen molar-refractivity contribution in [2.75, 3.05) is 13.7 Å². The van der Waals surface area contributed by atoms with Crippen LogP contribution < -0.4 is 5.32 Å².